The number of halogens is 2. The van der Waals surface area contributed by atoms with Gasteiger partial charge in [0.1, 0.15) is 11.5 Å². The molecule has 8 nitrogen and oxygen atoms in total. The molecule has 1 aromatic carbocycles. The number of methoxy groups -OCH3 is 2. The molecule has 0 aliphatic carbocycles. The molecule has 10 heteroatoms. The third-order valence-corrected chi connectivity index (χ3v) is 3.37. The normalized spacial score (nSPS) is 10.3. The molecular formula is C13H12Cl2N4O4. The van der Waals surface area contributed by atoms with Gasteiger partial charge in [-0.2, -0.15) is 9.97 Å². The first-order chi connectivity index (χ1) is 11.0. The molecule has 0 aliphatic rings. The standard InChI is InChI=1S/C13H12Cl2N4O4/c1-22-8-4-3-7(9(5-8)23-2)6-16-12-10(19(20)21)11(14)17-13(15)18-12/h3-5H,6H2,1-2H3,(H,16,17,18). The summed E-state index contributed by atoms with van der Waals surface area (Å²) in [5.74, 6) is 1.12. The lowest BCUT2D eigenvalue weighted by molar-refractivity contribution is -0.384. The molecule has 1 aromatic heterocycles. The molecule has 0 aliphatic heterocycles. The van der Waals surface area contributed by atoms with Gasteiger partial charge in [0.2, 0.25) is 16.3 Å². The number of nitrogens with one attached hydrogen (secondary N) is 1. The molecule has 2 aromatic rings. The highest BCUT2D eigenvalue weighted by atomic mass is 35.5. The fraction of sp³-hybridized carbons (Fsp3) is 0.231. The van der Waals surface area contributed by atoms with Crippen LogP contribution in [0.5, 0.6) is 11.5 Å². The lowest BCUT2D eigenvalue weighted by atomic mass is 10.2. The van der Waals surface area contributed by atoms with Crippen molar-refractivity contribution in [3.8, 4) is 11.5 Å². The Labute approximate surface area is 141 Å². The lowest BCUT2D eigenvalue weighted by Gasteiger charge is -2.12. The second-order valence-corrected chi connectivity index (χ2v) is 4.97. The molecule has 0 spiro atoms. The Morgan fingerprint density at radius 1 is 1.26 bits per heavy atom. The van der Waals surface area contributed by atoms with Crippen LogP contribution in [0.4, 0.5) is 11.5 Å². The third-order valence-electron chi connectivity index (χ3n) is 2.94. The second kappa shape index (κ2) is 7.30. The van der Waals surface area contributed by atoms with Crippen LogP contribution < -0.4 is 14.8 Å². The molecule has 0 saturated heterocycles. The van der Waals surface area contributed by atoms with Crippen LogP contribution in [0.25, 0.3) is 0 Å². The Morgan fingerprint density at radius 2 is 2.00 bits per heavy atom. The number of nitro groups is 1. The van der Waals surface area contributed by atoms with Gasteiger partial charge in [-0.15, -0.1) is 0 Å². The van der Waals surface area contributed by atoms with E-state index in [1.807, 2.05) is 0 Å². The molecule has 0 fully saturated rings. The van der Waals surface area contributed by atoms with Crippen molar-refractivity contribution in [2.75, 3.05) is 19.5 Å². The van der Waals surface area contributed by atoms with E-state index in [1.165, 1.54) is 7.11 Å². The Balaban J connectivity index is 2.29. The number of anilines is 1. The molecule has 2 rings (SSSR count). The maximum Gasteiger partial charge on any atom is 0.348 e. The van der Waals surface area contributed by atoms with E-state index in [0.717, 1.165) is 5.56 Å². The summed E-state index contributed by atoms with van der Waals surface area (Å²) in [5.41, 5.74) is 0.303. The fourth-order valence-corrected chi connectivity index (χ4v) is 2.31. The molecule has 0 bridgehead atoms. The summed E-state index contributed by atoms with van der Waals surface area (Å²) in [6.45, 7) is 0.206. The predicted octanol–water partition coefficient (Wildman–Crippen LogP) is 3.32. The Kier molecular flexibility index (Phi) is 5.41. The van der Waals surface area contributed by atoms with E-state index in [-0.39, 0.29) is 22.8 Å². The summed E-state index contributed by atoms with van der Waals surface area (Å²) in [5, 5.41) is 13.4. The number of hydrogen-bond donors (Lipinski definition) is 1. The topological polar surface area (TPSA) is 99.4 Å². The summed E-state index contributed by atoms with van der Waals surface area (Å²) in [7, 11) is 3.06. The quantitative estimate of drug-likeness (QED) is 0.365. The monoisotopic (exact) mass is 358 g/mol. The maximum absolute atomic E-state index is 11.1. The molecule has 1 heterocycles. The SMILES string of the molecule is COc1ccc(CNc2nc(Cl)nc(Cl)c2[N+](=O)[O-])c(OC)c1. The van der Waals surface area contributed by atoms with Gasteiger partial charge in [0, 0.05) is 18.2 Å². The van der Waals surface area contributed by atoms with E-state index in [9.17, 15) is 10.1 Å². The third kappa shape index (κ3) is 3.91. The molecule has 0 unspecified atom stereocenters. The molecule has 0 atom stereocenters. The van der Waals surface area contributed by atoms with Crippen molar-refractivity contribution in [1.82, 2.24) is 9.97 Å². The lowest BCUT2D eigenvalue weighted by Crippen LogP contribution is -2.07. The van der Waals surface area contributed by atoms with Crippen molar-refractivity contribution in [3.63, 3.8) is 0 Å². The Bertz CT molecular complexity index is 742. The first kappa shape index (κ1) is 17.0. The van der Waals surface area contributed by atoms with Crippen LogP contribution >= 0.6 is 23.2 Å². The van der Waals surface area contributed by atoms with E-state index < -0.39 is 10.6 Å². The van der Waals surface area contributed by atoms with Crippen LogP contribution in [0, 0.1) is 10.1 Å². The van der Waals surface area contributed by atoms with Gasteiger partial charge in [-0.3, -0.25) is 10.1 Å². The van der Waals surface area contributed by atoms with Gasteiger partial charge in [-0.1, -0.05) is 11.6 Å². The van der Waals surface area contributed by atoms with Crippen LogP contribution in [-0.4, -0.2) is 29.1 Å². The smallest absolute Gasteiger partial charge is 0.348 e. The van der Waals surface area contributed by atoms with Crippen molar-refractivity contribution in [2.45, 2.75) is 6.54 Å². The van der Waals surface area contributed by atoms with E-state index >= 15 is 0 Å². The summed E-state index contributed by atoms with van der Waals surface area (Å²) in [4.78, 5) is 17.8. The fourth-order valence-electron chi connectivity index (χ4n) is 1.86. The second-order valence-electron chi connectivity index (χ2n) is 4.27. The number of ether oxygens (including phenoxy) is 2. The largest absolute Gasteiger partial charge is 0.497 e. The van der Waals surface area contributed by atoms with E-state index in [1.54, 1.807) is 25.3 Å². The van der Waals surface area contributed by atoms with Crippen molar-refractivity contribution in [2.24, 2.45) is 0 Å². The highest BCUT2D eigenvalue weighted by Gasteiger charge is 2.23. The van der Waals surface area contributed by atoms with E-state index in [4.69, 9.17) is 32.7 Å². The Hall–Kier alpha value is -2.32. The first-order valence-electron chi connectivity index (χ1n) is 6.28. The highest BCUT2D eigenvalue weighted by molar-refractivity contribution is 6.33. The maximum atomic E-state index is 11.1. The van der Waals surface area contributed by atoms with Gasteiger partial charge < -0.3 is 14.8 Å². The molecule has 23 heavy (non-hydrogen) atoms. The van der Waals surface area contributed by atoms with Gasteiger partial charge in [-0.05, 0) is 23.7 Å². The molecule has 1 N–H and O–H groups in total. The predicted molar refractivity (Wildman–Crippen MR) is 85.6 cm³/mol. The zero-order valence-corrected chi connectivity index (χ0v) is 13.7. The molecular weight excluding hydrogens is 347 g/mol. The summed E-state index contributed by atoms with van der Waals surface area (Å²) < 4.78 is 10.4. The van der Waals surface area contributed by atoms with E-state index in [0.29, 0.717) is 11.5 Å². The summed E-state index contributed by atoms with van der Waals surface area (Å²) in [6, 6.07) is 5.21. The molecule has 0 radical (unpaired) electrons. The van der Waals surface area contributed by atoms with Gasteiger partial charge in [-0.25, -0.2) is 0 Å². The van der Waals surface area contributed by atoms with Crippen LogP contribution in [0.3, 0.4) is 0 Å². The number of hydrogen-bond acceptors (Lipinski definition) is 7. The van der Waals surface area contributed by atoms with Crippen molar-refractivity contribution >= 4 is 34.7 Å². The number of aromatic nitrogens is 2. The summed E-state index contributed by atoms with van der Waals surface area (Å²) >= 11 is 11.4. The minimum Gasteiger partial charge on any atom is -0.497 e. The van der Waals surface area contributed by atoms with Gasteiger partial charge in [0.15, 0.2) is 0 Å². The van der Waals surface area contributed by atoms with Crippen molar-refractivity contribution in [3.05, 3.63) is 44.3 Å². The molecule has 0 amide bonds. The molecule has 0 saturated carbocycles. The Morgan fingerprint density at radius 3 is 2.61 bits per heavy atom. The van der Waals surface area contributed by atoms with Gasteiger partial charge in [0.25, 0.3) is 0 Å². The van der Waals surface area contributed by atoms with Crippen LogP contribution in [0.2, 0.25) is 10.4 Å². The molecule has 122 valence electrons. The van der Waals surface area contributed by atoms with Crippen LogP contribution in [0.15, 0.2) is 18.2 Å². The average Bonchev–Trinajstić information content (AvgIpc) is 2.51. The zero-order chi connectivity index (χ0) is 17.0. The minimum atomic E-state index is -0.674. The number of nitrogens with zero attached hydrogens (tertiary/aromatic N) is 3. The zero-order valence-electron chi connectivity index (χ0n) is 12.2. The number of benzene rings is 1. The van der Waals surface area contributed by atoms with Crippen molar-refractivity contribution in [1.29, 1.82) is 0 Å². The average molecular weight is 359 g/mol. The van der Waals surface area contributed by atoms with Crippen molar-refractivity contribution < 1.29 is 14.4 Å². The van der Waals surface area contributed by atoms with Gasteiger partial charge in [0.05, 0.1) is 19.1 Å². The van der Waals surface area contributed by atoms with Crippen LogP contribution in [-0.2, 0) is 6.54 Å². The summed E-state index contributed by atoms with van der Waals surface area (Å²) in [6.07, 6.45) is 0. The minimum absolute atomic E-state index is 0.0714. The van der Waals surface area contributed by atoms with Crippen LogP contribution in [0.1, 0.15) is 5.56 Å². The van der Waals surface area contributed by atoms with E-state index in [2.05, 4.69) is 15.3 Å². The highest BCUT2D eigenvalue weighted by Crippen LogP contribution is 2.32. The number of rotatable bonds is 6. The first-order valence-corrected chi connectivity index (χ1v) is 7.04. The van der Waals surface area contributed by atoms with Gasteiger partial charge >= 0.3 is 5.69 Å².